The number of benzene rings is 1. The maximum absolute atomic E-state index is 13.5. The van der Waals surface area contributed by atoms with Crippen LogP contribution in [0.25, 0.3) is 0 Å². The zero-order valence-electron chi connectivity index (χ0n) is 21.5. The lowest BCUT2D eigenvalue weighted by atomic mass is 10.00. The van der Waals surface area contributed by atoms with Gasteiger partial charge in [-0.15, -0.1) is 0 Å². The van der Waals surface area contributed by atoms with E-state index in [-0.39, 0.29) is 37.1 Å². The second-order valence-corrected chi connectivity index (χ2v) is 9.92. The number of hydrogen-bond donors (Lipinski definition) is 2. The van der Waals surface area contributed by atoms with Gasteiger partial charge in [-0.1, -0.05) is 29.8 Å². The molecule has 8 nitrogen and oxygen atoms in total. The van der Waals surface area contributed by atoms with E-state index in [2.05, 4.69) is 15.6 Å². The van der Waals surface area contributed by atoms with Crippen LogP contribution in [0.15, 0.2) is 65.4 Å². The molecule has 3 amide bonds. The van der Waals surface area contributed by atoms with Crippen LogP contribution < -0.4 is 10.6 Å². The zero-order chi connectivity index (χ0) is 26.3. The van der Waals surface area contributed by atoms with Gasteiger partial charge >= 0.3 is 0 Å². The number of nitrogens with one attached hydrogen (secondary N) is 2. The number of carbonyl (C=O) groups is 3. The fraction of sp³-hybridized carbons (Fsp3) is 0.357. The normalized spacial score (nSPS) is 12.0. The summed E-state index contributed by atoms with van der Waals surface area (Å²) in [6.07, 6.45) is 3.01. The maximum Gasteiger partial charge on any atom is 0.247 e. The molecule has 0 aliphatic carbocycles. The summed E-state index contributed by atoms with van der Waals surface area (Å²) >= 11 is 0. The minimum absolute atomic E-state index is 0.0510. The fourth-order valence-electron chi connectivity index (χ4n) is 3.73. The van der Waals surface area contributed by atoms with Crippen molar-refractivity contribution in [3.8, 4) is 0 Å². The summed E-state index contributed by atoms with van der Waals surface area (Å²) in [6.45, 7) is 9.62. The molecule has 2 N–H and O–H groups in total. The zero-order valence-corrected chi connectivity index (χ0v) is 21.5. The van der Waals surface area contributed by atoms with Gasteiger partial charge in [0.1, 0.15) is 17.6 Å². The first-order valence-corrected chi connectivity index (χ1v) is 11.9. The molecule has 0 unspecified atom stereocenters. The van der Waals surface area contributed by atoms with Crippen molar-refractivity contribution in [3.05, 3.63) is 83.4 Å². The quantitative estimate of drug-likeness (QED) is 0.453. The van der Waals surface area contributed by atoms with Crippen LogP contribution >= 0.6 is 0 Å². The Labute approximate surface area is 212 Å². The smallest absolute Gasteiger partial charge is 0.247 e. The molecule has 0 saturated carbocycles. The third kappa shape index (κ3) is 7.80. The number of nitrogens with zero attached hydrogens (tertiary/aromatic N) is 2. The molecule has 36 heavy (non-hydrogen) atoms. The summed E-state index contributed by atoms with van der Waals surface area (Å²) in [6, 6.07) is 13.7. The van der Waals surface area contributed by atoms with Gasteiger partial charge in [-0.05, 0) is 70.0 Å². The molecule has 3 rings (SSSR count). The second-order valence-electron chi connectivity index (χ2n) is 9.92. The minimum Gasteiger partial charge on any atom is -0.467 e. The molecule has 0 spiro atoms. The van der Waals surface area contributed by atoms with Crippen molar-refractivity contribution in [1.82, 2.24) is 15.2 Å². The molecule has 2 heterocycles. The Morgan fingerprint density at radius 3 is 2.33 bits per heavy atom. The van der Waals surface area contributed by atoms with Crippen LogP contribution in [0.4, 0.5) is 5.82 Å². The highest BCUT2D eigenvalue weighted by Crippen LogP contribution is 2.26. The van der Waals surface area contributed by atoms with Gasteiger partial charge in [0.05, 0.1) is 12.8 Å². The minimum atomic E-state index is -0.899. The van der Waals surface area contributed by atoms with Crippen LogP contribution in [0, 0.1) is 13.8 Å². The van der Waals surface area contributed by atoms with Gasteiger partial charge in [0.25, 0.3) is 0 Å². The molecule has 0 fully saturated rings. The number of aryl methyl sites for hydroxylation is 2. The first-order valence-electron chi connectivity index (χ1n) is 11.9. The van der Waals surface area contributed by atoms with Crippen LogP contribution in [0.1, 0.15) is 62.1 Å². The van der Waals surface area contributed by atoms with Crippen molar-refractivity contribution in [2.75, 3.05) is 5.32 Å². The number of amides is 3. The van der Waals surface area contributed by atoms with Crippen LogP contribution in [-0.2, 0) is 20.9 Å². The molecule has 3 aromatic rings. The summed E-state index contributed by atoms with van der Waals surface area (Å²) in [7, 11) is 0. The van der Waals surface area contributed by atoms with Gasteiger partial charge in [0, 0.05) is 24.6 Å². The lowest BCUT2D eigenvalue weighted by Crippen LogP contribution is -2.49. The summed E-state index contributed by atoms with van der Waals surface area (Å²) in [4.78, 5) is 45.2. The maximum atomic E-state index is 13.5. The molecule has 0 saturated heterocycles. The first-order chi connectivity index (χ1) is 17.0. The van der Waals surface area contributed by atoms with E-state index in [1.807, 2.05) is 65.0 Å². The average Bonchev–Trinajstić information content (AvgIpc) is 3.30. The van der Waals surface area contributed by atoms with Gasteiger partial charge in [0.2, 0.25) is 17.7 Å². The van der Waals surface area contributed by atoms with E-state index in [9.17, 15) is 14.4 Å². The van der Waals surface area contributed by atoms with Crippen LogP contribution in [0.2, 0.25) is 0 Å². The number of hydrogen-bond acceptors (Lipinski definition) is 5. The standard InChI is InChI=1S/C28H34N4O4/c1-19-8-10-21(11-9-19)26(27(35)31-28(3,4)5)32(18-22-7-6-16-36-22)25(34)13-12-24(33)30-23-17-20(2)14-15-29-23/h6-11,14-17,26H,12-13,18H2,1-5H3,(H,31,35)(H,29,30,33)/t26-/m1/s1. The van der Waals surface area contributed by atoms with Crippen molar-refractivity contribution in [2.24, 2.45) is 0 Å². The number of aromatic nitrogens is 1. The number of carbonyl (C=O) groups excluding carboxylic acids is 3. The lowest BCUT2D eigenvalue weighted by molar-refractivity contribution is -0.143. The molecule has 0 bridgehead atoms. The molecule has 0 aliphatic rings. The molecular formula is C28H34N4O4. The van der Waals surface area contributed by atoms with E-state index in [0.717, 1.165) is 11.1 Å². The molecule has 8 heteroatoms. The summed E-state index contributed by atoms with van der Waals surface area (Å²) in [5.74, 6) is -0.00195. The summed E-state index contributed by atoms with van der Waals surface area (Å²) in [5.41, 5.74) is 2.18. The van der Waals surface area contributed by atoms with E-state index in [1.54, 1.807) is 24.4 Å². The van der Waals surface area contributed by atoms with Crippen LogP contribution in [0.3, 0.4) is 0 Å². The Balaban J connectivity index is 1.85. The van der Waals surface area contributed by atoms with Crippen LogP contribution in [0.5, 0.6) is 0 Å². The van der Waals surface area contributed by atoms with E-state index < -0.39 is 11.6 Å². The highest BCUT2D eigenvalue weighted by Gasteiger charge is 2.33. The largest absolute Gasteiger partial charge is 0.467 e. The van der Waals surface area contributed by atoms with Crippen molar-refractivity contribution in [2.45, 2.75) is 65.6 Å². The van der Waals surface area contributed by atoms with Crippen LogP contribution in [-0.4, -0.2) is 33.1 Å². The molecule has 1 atom stereocenters. The van der Waals surface area contributed by atoms with Gasteiger partial charge in [-0.3, -0.25) is 14.4 Å². The summed E-state index contributed by atoms with van der Waals surface area (Å²) in [5, 5.41) is 5.72. The Kier molecular flexibility index (Phi) is 8.64. The van der Waals surface area contributed by atoms with E-state index in [1.165, 1.54) is 11.2 Å². The highest BCUT2D eigenvalue weighted by atomic mass is 16.3. The number of pyridine rings is 1. The second kappa shape index (κ2) is 11.7. The summed E-state index contributed by atoms with van der Waals surface area (Å²) < 4.78 is 5.50. The van der Waals surface area contributed by atoms with E-state index >= 15 is 0 Å². The van der Waals surface area contributed by atoms with E-state index in [0.29, 0.717) is 17.1 Å². The Bertz CT molecular complexity index is 1180. The lowest BCUT2D eigenvalue weighted by Gasteiger charge is -2.33. The van der Waals surface area contributed by atoms with Gasteiger partial charge in [-0.2, -0.15) is 0 Å². The average molecular weight is 491 g/mol. The predicted octanol–water partition coefficient (Wildman–Crippen LogP) is 4.69. The molecule has 0 aliphatic heterocycles. The number of rotatable bonds is 9. The molecule has 1 aromatic carbocycles. The van der Waals surface area contributed by atoms with Gasteiger partial charge < -0.3 is 20.0 Å². The molecular weight excluding hydrogens is 456 g/mol. The third-order valence-electron chi connectivity index (χ3n) is 5.43. The SMILES string of the molecule is Cc1ccc([C@H](C(=O)NC(C)(C)C)N(Cc2ccco2)C(=O)CCC(=O)Nc2cc(C)ccn2)cc1. The Morgan fingerprint density at radius 1 is 1.00 bits per heavy atom. The van der Waals surface area contributed by atoms with Gasteiger partial charge in [-0.25, -0.2) is 4.98 Å². The third-order valence-corrected chi connectivity index (χ3v) is 5.43. The molecule has 0 radical (unpaired) electrons. The van der Waals surface area contributed by atoms with Crippen molar-refractivity contribution < 1.29 is 18.8 Å². The van der Waals surface area contributed by atoms with Crippen molar-refractivity contribution in [3.63, 3.8) is 0 Å². The number of furan rings is 1. The molecule has 190 valence electrons. The van der Waals surface area contributed by atoms with Crippen molar-refractivity contribution in [1.29, 1.82) is 0 Å². The topological polar surface area (TPSA) is 105 Å². The Hall–Kier alpha value is -3.94. The fourth-order valence-corrected chi connectivity index (χ4v) is 3.73. The predicted molar refractivity (Wildman–Crippen MR) is 138 cm³/mol. The highest BCUT2D eigenvalue weighted by molar-refractivity contribution is 5.94. The van der Waals surface area contributed by atoms with Crippen molar-refractivity contribution >= 4 is 23.5 Å². The first kappa shape index (κ1) is 26.7. The number of anilines is 1. The monoisotopic (exact) mass is 490 g/mol. The molecule has 2 aromatic heterocycles. The van der Waals surface area contributed by atoms with Gasteiger partial charge in [0.15, 0.2) is 0 Å². The van der Waals surface area contributed by atoms with E-state index in [4.69, 9.17) is 4.42 Å². The Morgan fingerprint density at radius 2 is 1.72 bits per heavy atom.